The topological polar surface area (TPSA) is 58.6 Å². The van der Waals surface area contributed by atoms with Crippen molar-refractivity contribution in [2.24, 2.45) is 0 Å². The maximum atomic E-state index is 13.0. The van der Waals surface area contributed by atoms with E-state index in [1.54, 1.807) is 6.92 Å². The number of urea groups is 1. The van der Waals surface area contributed by atoms with Crippen LogP contribution in [0.15, 0.2) is 35.5 Å². The number of benzene rings is 1. The molecule has 1 N–H and O–H groups in total. The number of nitrogens with one attached hydrogen (secondary N) is 1. The van der Waals surface area contributed by atoms with Gasteiger partial charge in [0.25, 0.3) is 0 Å². The van der Waals surface area contributed by atoms with Crippen LogP contribution in [0.4, 0.5) is 9.18 Å². The summed E-state index contributed by atoms with van der Waals surface area (Å²) in [6.07, 6.45) is 0. The van der Waals surface area contributed by atoms with Crippen LogP contribution in [0.3, 0.4) is 0 Å². The SMILES string of the molecule is CCN1C(=O)NC(c2ccc(F)cc2)C(C(=O)OC)=C1C. The predicted octanol–water partition coefficient (Wildman–Crippen LogP) is 2.36. The number of nitrogens with zero attached hydrogens (tertiary/aromatic N) is 1. The molecule has 1 heterocycles. The van der Waals surface area contributed by atoms with E-state index >= 15 is 0 Å². The van der Waals surface area contributed by atoms with Gasteiger partial charge in [0, 0.05) is 12.2 Å². The first-order valence-corrected chi connectivity index (χ1v) is 6.62. The van der Waals surface area contributed by atoms with Crippen LogP contribution < -0.4 is 5.32 Å². The third kappa shape index (κ3) is 2.74. The van der Waals surface area contributed by atoms with Crippen molar-refractivity contribution in [2.45, 2.75) is 19.9 Å². The Hall–Kier alpha value is -2.37. The third-order valence-electron chi connectivity index (χ3n) is 3.52. The van der Waals surface area contributed by atoms with Crippen molar-refractivity contribution >= 4 is 12.0 Å². The number of esters is 1. The highest BCUT2D eigenvalue weighted by molar-refractivity contribution is 5.94. The first kappa shape index (κ1) is 15.0. The van der Waals surface area contributed by atoms with Crippen LogP contribution in [0.25, 0.3) is 0 Å². The van der Waals surface area contributed by atoms with E-state index in [4.69, 9.17) is 4.74 Å². The number of carbonyl (C=O) groups is 2. The molecule has 0 bridgehead atoms. The Morgan fingerprint density at radius 1 is 1.38 bits per heavy atom. The lowest BCUT2D eigenvalue weighted by atomic mass is 9.95. The van der Waals surface area contributed by atoms with E-state index < -0.39 is 12.0 Å². The minimum Gasteiger partial charge on any atom is -0.466 e. The molecule has 0 aliphatic carbocycles. The van der Waals surface area contributed by atoms with Crippen LogP contribution in [-0.2, 0) is 9.53 Å². The van der Waals surface area contributed by atoms with Crippen molar-refractivity contribution in [1.29, 1.82) is 0 Å². The number of amides is 2. The number of hydrogen-bond donors (Lipinski definition) is 1. The van der Waals surface area contributed by atoms with Gasteiger partial charge in [-0.05, 0) is 31.5 Å². The summed E-state index contributed by atoms with van der Waals surface area (Å²) < 4.78 is 17.9. The lowest BCUT2D eigenvalue weighted by Crippen LogP contribution is -2.47. The number of carbonyl (C=O) groups excluding carboxylic acids is 2. The number of hydrogen-bond acceptors (Lipinski definition) is 3. The zero-order valence-corrected chi connectivity index (χ0v) is 12.1. The fraction of sp³-hybridized carbons (Fsp3) is 0.333. The van der Waals surface area contributed by atoms with Crippen molar-refractivity contribution < 1.29 is 18.7 Å². The van der Waals surface area contributed by atoms with Gasteiger partial charge in [-0.25, -0.2) is 14.0 Å². The Bertz CT molecular complexity index is 595. The zero-order valence-electron chi connectivity index (χ0n) is 12.1. The van der Waals surface area contributed by atoms with Gasteiger partial charge in [-0.15, -0.1) is 0 Å². The van der Waals surface area contributed by atoms with Crippen LogP contribution in [0, 0.1) is 5.82 Å². The van der Waals surface area contributed by atoms with Gasteiger partial charge in [0.2, 0.25) is 0 Å². The Morgan fingerprint density at radius 3 is 2.52 bits per heavy atom. The number of halogens is 1. The van der Waals surface area contributed by atoms with Gasteiger partial charge >= 0.3 is 12.0 Å². The molecule has 1 aliphatic heterocycles. The van der Waals surface area contributed by atoms with Gasteiger partial charge in [0.15, 0.2) is 0 Å². The zero-order chi connectivity index (χ0) is 15.6. The second-order valence-corrected chi connectivity index (χ2v) is 4.67. The summed E-state index contributed by atoms with van der Waals surface area (Å²) in [6, 6.07) is 4.72. The Balaban J connectivity index is 2.52. The molecule has 1 aromatic rings. The van der Waals surface area contributed by atoms with Crippen molar-refractivity contribution in [3.63, 3.8) is 0 Å². The van der Waals surface area contributed by atoms with E-state index in [-0.39, 0.29) is 11.8 Å². The number of allylic oxidation sites excluding steroid dienone is 1. The molecule has 1 aromatic carbocycles. The lowest BCUT2D eigenvalue weighted by molar-refractivity contribution is -0.136. The van der Waals surface area contributed by atoms with E-state index in [0.29, 0.717) is 23.4 Å². The molecule has 0 saturated carbocycles. The smallest absolute Gasteiger partial charge is 0.337 e. The van der Waals surface area contributed by atoms with Gasteiger partial charge in [-0.2, -0.15) is 0 Å². The predicted molar refractivity (Wildman–Crippen MR) is 74.8 cm³/mol. The largest absolute Gasteiger partial charge is 0.466 e. The lowest BCUT2D eigenvalue weighted by Gasteiger charge is -2.34. The van der Waals surface area contributed by atoms with Gasteiger partial charge in [-0.3, -0.25) is 4.90 Å². The van der Waals surface area contributed by atoms with Gasteiger partial charge in [-0.1, -0.05) is 12.1 Å². The van der Waals surface area contributed by atoms with E-state index in [2.05, 4.69) is 5.32 Å². The van der Waals surface area contributed by atoms with Crippen LogP contribution in [0.5, 0.6) is 0 Å². The fourth-order valence-electron chi connectivity index (χ4n) is 2.44. The summed E-state index contributed by atoms with van der Waals surface area (Å²) in [5.74, 6) is -0.892. The Kier molecular flexibility index (Phi) is 4.26. The van der Waals surface area contributed by atoms with Gasteiger partial charge in [0.1, 0.15) is 5.82 Å². The summed E-state index contributed by atoms with van der Waals surface area (Å²) in [4.78, 5) is 25.6. The summed E-state index contributed by atoms with van der Waals surface area (Å²) in [6.45, 7) is 3.95. The molecule has 21 heavy (non-hydrogen) atoms. The molecular weight excluding hydrogens is 275 g/mol. The second kappa shape index (κ2) is 5.95. The van der Waals surface area contributed by atoms with Crippen molar-refractivity contribution in [2.75, 3.05) is 13.7 Å². The number of methoxy groups -OCH3 is 1. The monoisotopic (exact) mass is 292 g/mol. The molecule has 0 aromatic heterocycles. The average Bonchev–Trinajstić information content (AvgIpc) is 2.47. The summed E-state index contributed by atoms with van der Waals surface area (Å²) in [5, 5.41) is 2.75. The van der Waals surface area contributed by atoms with E-state index in [1.165, 1.54) is 36.3 Å². The van der Waals surface area contributed by atoms with E-state index in [0.717, 1.165) is 0 Å². The minimum absolute atomic E-state index is 0.294. The van der Waals surface area contributed by atoms with Crippen molar-refractivity contribution in [3.8, 4) is 0 Å². The fourth-order valence-corrected chi connectivity index (χ4v) is 2.44. The normalized spacial score (nSPS) is 18.6. The highest BCUT2D eigenvalue weighted by atomic mass is 19.1. The van der Waals surface area contributed by atoms with E-state index in [1.807, 2.05) is 6.92 Å². The van der Waals surface area contributed by atoms with Crippen LogP contribution in [0.2, 0.25) is 0 Å². The maximum Gasteiger partial charge on any atom is 0.337 e. The standard InChI is InChI=1S/C15H17FN2O3/c1-4-18-9(2)12(14(19)21-3)13(17-15(18)20)10-5-7-11(16)8-6-10/h5-8,13H,4H2,1-3H3,(H,17,20). The molecule has 2 rings (SSSR count). The van der Waals surface area contributed by atoms with Crippen molar-refractivity contribution in [3.05, 3.63) is 46.9 Å². The number of ether oxygens (including phenoxy) is 1. The first-order chi connectivity index (χ1) is 9.99. The van der Waals surface area contributed by atoms with Crippen molar-refractivity contribution in [1.82, 2.24) is 10.2 Å². The van der Waals surface area contributed by atoms with Crippen LogP contribution in [-0.4, -0.2) is 30.6 Å². The Labute approximate surface area is 122 Å². The molecule has 0 fully saturated rings. The highest BCUT2D eigenvalue weighted by Gasteiger charge is 2.35. The molecule has 1 unspecified atom stereocenters. The minimum atomic E-state index is -0.645. The molecule has 1 atom stereocenters. The Morgan fingerprint density at radius 2 is 2.00 bits per heavy atom. The molecule has 6 heteroatoms. The molecular formula is C15H17FN2O3. The quantitative estimate of drug-likeness (QED) is 0.870. The molecule has 0 spiro atoms. The van der Waals surface area contributed by atoms with Gasteiger partial charge < -0.3 is 10.1 Å². The summed E-state index contributed by atoms with van der Waals surface area (Å²) in [7, 11) is 1.29. The van der Waals surface area contributed by atoms with Crippen LogP contribution >= 0.6 is 0 Å². The second-order valence-electron chi connectivity index (χ2n) is 4.67. The molecule has 2 amide bonds. The highest BCUT2D eigenvalue weighted by Crippen LogP contribution is 2.31. The third-order valence-corrected chi connectivity index (χ3v) is 3.52. The summed E-state index contributed by atoms with van der Waals surface area (Å²) >= 11 is 0. The molecule has 1 aliphatic rings. The molecule has 0 radical (unpaired) electrons. The molecule has 0 saturated heterocycles. The van der Waals surface area contributed by atoms with E-state index in [9.17, 15) is 14.0 Å². The number of rotatable bonds is 3. The molecule has 5 nitrogen and oxygen atoms in total. The molecule has 112 valence electrons. The maximum absolute atomic E-state index is 13.0. The van der Waals surface area contributed by atoms with Crippen LogP contribution in [0.1, 0.15) is 25.5 Å². The summed E-state index contributed by atoms with van der Waals surface area (Å²) in [5.41, 5.74) is 1.52. The average molecular weight is 292 g/mol. The first-order valence-electron chi connectivity index (χ1n) is 6.62. The van der Waals surface area contributed by atoms with Gasteiger partial charge in [0.05, 0.1) is 18.7 Å².